The Morgan fingerprint density at radius 2 is 1.77 bits per heavy atom. The van der Waals surface area contributed by atoms with Crippen LogP contribution in [-0.4, -0.2) is 64.5 Å². The van der Waals surface area contributed by atoms with Gasteiger partial charge in [0.2, 0.25) is 11.8 Å². The summed E-state index contributed by atoms with van der Waals surface area (Å²) in [6.45, 7) is 10.6. The third kappa shape index (κ3) is 4.90. The Kier molecular flexibility index (Phi) is 6.86. The maximum absolute atomic E-state index is 13.3. The van der Waals surface area contributed by atoms with E-state index in [0.29, 0.717) is 30.3 Å². The van der Waals surface area contributed by atoms with Gasteiger partial charge in [0.1, 0.15) is 0 Å². The van der Waals surface area contributed by atoms with Gasteiger partial charge in [-0.05, 0) is 46.5 Å². The summed E-state index contributed by atoms with van der Waals surface area (Å²) in [5.41, 5.74) is 3.12. The highest BCUT2D eigenvalue weighted by molar-refractivity contribution is 5.79. The van der Waals surface area contributed by atoms with Gasteiger partial charge in [0.05, 0.1) is 12.3 Å². The van der Waals surface area contributed by atoms with Crippen LogP contribution in [0, 0.1) is 5.92 Å². The van der Waals surface area contributed by atoms with Crippen molar-refractivity contribution < 1.29 is 9.53 Å². The third-order valence-corrected chi connectivity index (χ3v) is 6.55. The smallest absolute Gasteiger partial charge is 0.225 e. The molecule has 1 aromatic carbocycles. The van der Waals surface area contributed by atoms with Crippen molar-refractivity contribution in [3.63, 3.8) is 0 Å². The summed E-state index contributed by atoms with van der Waals surface area (Å²) in [5.74, 6) is 1.75. The molecule has 4 rings (SSSR count). The molecular formula is C25H34N4O2. The van der Waals surface area contributed by atoms with Gasteiger partial charge in [-0.3, -0.25) is 9.69 Å². The van der Waals surface area contributed by atoms with Crippen molar-refractivity contribution in [2.75, 3.05) is 32.8 Å². The molecule has 1 aromatic heterocycles. The van der Waals surface area contributed by atoms with E-state index in [0.717, 1.165) is 68.7 Å². The lowest BCUT2D eigenvalue weighted by Crippen LogP contribution is -2.52. The van der Waals surface area contributed by atoms with Gasteiger partial charge < -0.3 is 9.64 Å². The Bertz CT molecular complexity index is 892. The van der Waals surface area contributed by atoms with E-state index in [1.54, 1.807) is 0 Å². The molecule has 166 valence electrons. The van der Waals surface area contributed by atoms with E-state index in [9.17, 15) is 4.79 Å². The molecule has 31 heavy (non-hydrogen) atoms. The van der Waals surface area contributed by atoms with Gasteiger partial charge in [-0.25, -0.2) is 4.98 Å². The Hall–Kier alpha value is -2.47. The third-order valence-electron chi connectivity index (χ3n) is 6.55. The number of hydrogen-bond acceptors (Lipinski definition) is 5. The summed E-state index contributed by atoms with van der Waals surface area (Å²) in [5, 5.41) is 0. The second kappa shape index (κ2) is 9.77. The van der Waals surface area contributed by atoms with Crippen LogP contribution in [-0.2, 0) is 17.6 Å². The number of amides is 1. The molecule has 6 nitrogen and oxygen atoms in total. The number of carbonyl (C=O) groups excluding carboxylic acids is 1. The Labute approximate surface area is 185 Å². The Balaban J connectivity index is 1.50. The first-order valence-electron chi connectivity index (χ1n) is 11.7. The zero-order chi connectivity index (χ0) is 21.8. The number of carbonyl (C=O) groups is 1. The number of benzene rings is 1. The minimum absolute atomic E-state index is 0.0504. The second-order valence-corrected chi connectivity index (χ2v) is 8.81. The van der Waals surface area contributed by atoms with Crippen molar-refractivity contribution >= 4 is 5.91 Å². The normalized spacial score (nSPS) is 19.7. The monoisotopic (exact) mass is 422 g/mol. The molecule has 0 bridgehead atoms. The van der Waals surface area contributed by atoms with Crippen LogP contribution in [0.1, 0.15) is 44.9 Å². The molecule has 6 heteroatoms. The highest BCUT2D eigenvalue weighted by Crippen LogP contribution is 2.32. The van der Waals surface area contributed by atoms with Crippen molar-refractivity contribution in [1.29, 1.82) is 0 Å². The van der Waals surface area contributed by atoms with Crippen molar-refractivity contribution in [3.05, 3.63) is 41.6 Å². The summed E-state index contributed by atoms with van der Waals surface area (Å²) in [4.78, 5) is 27.4. The minimum atomic E-state index is 0.0504. The van der Waals surface area contributed by atoms with Crippen molar-refractivity contribution in [2.24, 2.45) is 5.92 Å². The first-order chi connectivity index (χ1) is 15.1. The number of aromatic nitrogens is 2. The topological polar surface area (TPSA) is 58.6 Å². The van der Waals surface area contributed by atoms with Gasteiger partial charge in [-0.1, -0.05) is 30.3 Å². The number of fused-ring (bicyclic) bond motifs is 1. The average Bonchev–Trinajstić information content (AvgIpc) is 3.02. The zero-order valence-corrected chi connectivity index (χ0v) is 19.0. The predicted octanol–water partition coefficient (Wildman–Crippen LogP) is 3.59. The summed E-state index contributed by atoms with van der Waals surface area (Å²) in [7, 11) is 0. The van der Waals surface area contributed by atoms with Gasteiger partial charge in [-0.2, -0.15) is 4.98 Å². The van der Waals surface area contributed by atoms with Crippen molar-refractivity contribution in [3.8, 4) is 17.3 Å². The summed E-state index contributed by atoms with van der Waals surface area (Å²) >= 11 is 0. The lowest BCUT2D eigenvalue weighted by Gasteiger charge is -2.38. The fourth-order valence-corrected chi connectivity index (χ4v) is 4.68. The number of hydrogen-bond donors (Lipinski definition) is 0. The van der Waals surface area contributed by atoms with Crippen LogP contribution in [0.3, 0.4) is 0 Å². The Morgan fingerprint density at radius 3 is 2.45 bits per heavy atom. The summed E-state index contributed by atoms with van der Waals surface area (Å²) in [6.07, 6.45) is 3.26. The van der Waals surface area contributed by atoms with Crippen LogP contribution in [0.5, 0.6) is 5.88 Å². The second-order valence-electron chi connectivity index (χ2n) is 8.81. The van der Waals surface area contributed by atoms with Gasteiger partial charge >= 0.3 is 0 Å². The molecule has 0 saturated carbocycles. The molecule has 2 aliphatic rings. The maximum Gasteiger partial charge on any atom is 0.225 e. The molecule has 1 atom stereocenters. The molecule has 0 spiro atoms. The molecule has 1 unspecified atom stereocenters. The minimum Gasteiger partial charge on any atom is -0.478 e. The van der Waals surface area contributed by atoms with Crippen LogP contribution < -0.4 is 4.74 Å². The first kappa shape index (κ1) is 21.8. The van der Waals surface area contributed by atoms with E-state index in [4.69, 9.17) is 14.7 Å². The van der Waals surface area contributed by atoms with E-state index in [-0.39, 0.29) is 5.92 Å². The average molecular weight is 423 g/mol. The molecule has 2 aromatic rings. The fraction of sp³-hybridized carbons (Fsp3) is 0.560. The maximum atomic E-state index is 13.3. The fourth-order valence-electron chi connectivity index (χ4n) is 4.68. The molecule has 1 aliphatic heterocycles. The highest BCUT2D eigenvalue weighted by atomic mass is 16.5. The highest BCUT2D eigenvalue weighted by Gasteiger charge is 2.31. The molecule has 1 fully saturated rings. The summed E-state index contributed by atoms with van der Waals surface area (Å²) < 4.78 is 5.92. The van der Waals surface area contributed by atoms with Crippen molar-refractivity contribution in [2.45, 2.75) is 52.5 Å². The molecule has 2 heterocycles. The van der Waals surface area contributed by atoms with Crippen LogP contribution >= 0.6 is 0 Å². The number of nitrogens with zero attached hydrogens (tertiary/aromatic N) is 4. The quantitative estimate of drug-likeness (QED) is 0.689. The molecule has 1 aliphatic carbocycles. The number of rotatable bonds is 5. The first-order valence-corrected chi connectivity index (χ1v) is 11.7. The number of piperazine rings is 1. The molecular weight excluding hydrogens is 388 g/mol. The van der Waals surface area contributed by atoms with Gasteiger partial charge in [-0.15, -0.1) is 0 Å². The molecule has 1 saturated heterocycles. The number of aryl methyl sites for hydroxylation is 1. The van der Waals surface area contributed by atoms with Gasteiger partial charge in [0.15, 0.2) is 5.82 Å². The lowest BCUT2D eigenvalue weighted by molar-refractivity contribution is -0.138. The van der Waals surface area contributed by atoms with Crippen LogP contribution in [0.2, 0.25) is 0 Å². The van der Waals surface area contributed by atoms with Crippen molar-refractivity contribution in [1.82, 2.24) is 19.8 Å². The number of ether oxygens (including phenoxy) is 1. The van der Waals surface area contributed by atoms with Gasteiger partial charge in [0, 0.05) is 49.3 Å². The predicted molar refractivity (Wildman–Crippen MR) is 122 cm³/mol. The van der Waals surface area contributed by atoms with Crippen LogP contribution in [0.15, 0.2) is 30.3 Å². The molecule has 1 amide bonds. The summed E-state index contributed by atoms with van der Waals surface area (Å²) in [6, 6.07) is 10.6. The largest absolute Gasteiger partial charge is 0.478 e. The standard InChI is InChI=1S/C25H34N4O2/c1-4-31-24-21-12-10-20(25(30)29-16-14-28(15-17-29)18(2)3)11-13-22(21)26-23(27-24)19-8-6-5-7-9-19/h5-9,18,20H,4,10-17H2,1-3H3. The van der Waals surface area contributed by atoms with Crippen LogP contribution in [0.25, 0.3) is 11.4 Å². The van der Waals surface area contributed by atoms with Gasteiger partial charge in [0.25, 0.3) is 0 Å². The van der Waals surface area contributed by atoms with E-state index >= 15 is 0 Å². The lowest BCUT2D eigenvalue weighted by atomic mass is 9.97. The Morgan fingerprint density at radius 1 is 1.06 bits per heavy atom. The van der Waals surface area contributed by atoms with E-state index < -0.39 is 0 Å². The zero-order valence-electron chi connectivity index (χ0n) is 19.0. The van der Waals surface area contributed by atoms with E-state index in [1.165, 1.54) is 0 Å². The van der Waals surface area contributed by atoms with E-state index in [1.807, 2.05) is 37.3 Å². The molecule has 0 N–H and O–H groups in total. The SMILES string of the molecule is CCOc1nc(-c2ccccc2)nc2c1CCC(C(=O)N1CCN(C(C)C)CC1)CC2. The van der Waals surface area contributed by atoms with E-state index in [2.05, 4.69) is 23.6 Å². The van der Waals surface area contributed by atoms with Crippen LogP contribution in [0.4, 0.5) is 0 Å². The molecule has 0 radical (unpaired) electrons.